The van der Waals surface area contributed by atoms with Crippen LogP contribution < -0.4 is 4.74 Å². The molecule has 5 nitrogen and oxygen atoms in total. The lowest BCUT2D eigenvalue weighted by atomic mass is 10.2. The summed E-state index contributed by atoms with van der Waals surface area (Å²) in [5.74, 6) is 0.964. The van der Waals surface area contributed by atoms with Crippen LogP contribution in [0.2, 0.25) is 5.02 Å². The number of aliphatic hydroxyl groups is 1. The molecule has 0 fully saturated rings. The fourth-order valence-corrected chi connectivity index (χ4v) is 1.42. The molecule has 0 radical (unpaired) electrons. The average Bonchev–Trinajstić information content (AvgIpc) is 2.80. The number of rotatable bonds is 4. The summed E-state index contributed by atoms with van der Waals surface area (Å²) >= 11 is 5.95. The molecule has 0 aliphatic heterocycles. The number of ether oxygens (including phenoxy) is 1. The van der Waals surface area contributed by atoms with Crippen molar-refractivity contribution in [3.63, 3.8) is 0 Å². The predicted molar refractivity (Wildman–Crippen MR) is 56.0 cm³/mol. The molecule has 1 N–H and O–H groups in total. The Morgan fingerprint density at radius 2 is 2.31 bits per heavy atom. The minimum absolute atomic E-state index is 0.0508. The van der Waals surface area contributed by atoms with E-state index >= 15 is 0 Å². The fourth-order valence-electron chi connectivity index (χ4n) is 1.16. The van der Waals surface area contributed by atoms with E-state index in [0.717, 1.165) is 5.56 Å². The van der Waals surface area contributed by atoms with Crippen LogP contribution in [0.4, 0.5) is 0 Å². The zero-order valence-corrected chi connectivity index (χ0v) is 9.02. The lowest BCUT2D eigenvalue weighted by Crippen LogP contribution is -1.98. The van der Waals surface area contributed by atoms with E-state index in [1.807, 2.05) is 0 Å². The third-order valence-corrected chi connectivity index (χ3v) is 2.24. The summed E-state index contributed by atoms with van der Waals surface area (Å²) in [6.07, 6.45) is 1.23. The Kier molecular flexibility index (Phi) is 3.38. The number of benzene rings is 1. The van der Waals surface area contributed by atoms with Gasteiger partial charge >= 0.3 is 0 Å². The number of aliphatic hydroxyl groups excluding tert-OH is 1. The highest BCUT2D eigenvalue weighted by molar-refractivity contribution is 6.32. The molecule has 6 heteroatoms. The van der Waals surface area contributed by atoms with Crippen LogP contribution in [0.25, 0.3) is 0 Å². The van der Waals surface area contributed by atoms with Gasteiger partial charge in [-0.2, -0.15) is 4.98 Å². The molecule has 16 heavy (non-hydrogen) atoms. The van der Waals surface area contributed by atoms with Crippen LogP contribution in [0.1, 0.15) is 11.4 Å². The Bertz CT molecular complexity index is 459. The minimum atomic E-state index is -0.0508. The lowest BCUT2D eigenvalue weighted by Gasteiger charge is -2.06. The molecule has 0 spiro atoms. The van der Waals surface area contributed by atoms with Gasteiger partial charge in [-0.05, 0) is 17.7 Å². The van der Waals surface area contributed by atoms with Gasteiger partial charge in [0, 0.05) is 0 Å². The SMILES string of the molecule is OCc1ccc(OCc2ncon2)c(Cl)c1. The molecule has 0 atom stereocenters. The topological polar surface area (TPSA) is 68.4 Å². The third kappa shape index (κ3) is 2.50. The second-order valence-corrected chi connectivity index (χ2v) is 3.47. The quantitative estimate of drug-likeness (QED) is 0.883. The Morgan fingerprint density at radius 1 is 1.44 bits per heavy atom. The maximum Gasteiger partial charge on any atom is 0.213 e. The summed E-state index contributed by atoms with van der Waals surface area (Å²) in [6, 6.07) is 5.07. The Balaban J connectivity index is 2.04. The normalized spacial score (nSPS) is 10.4. The molecule has 0 saturated heterocycles. The van der Waals surface area contributed by atoms with Crippen molar-refractivity contribution in [1.29, 1.82) is 0 Å². The summed E-state index contributed by atoms with van der Waals surface area (Å²) in [5, 5.41) is 12.9. The van der Waals surface area contributed by atoms with Crippen LogP contribution in [0.5, 0.6) is 5.75 Å². The van der Waals surface area contributed by atoms with Gasteiger partial charge in [0.2, 0.25) is 12.2 Å². The van der Waals surface area contributed by atoms with Gasteiger partial charge in [-0.1, -0.05) is 22.8 Å². The van der Waals surface area contributed by atoms with Crippen molar-refractivity contribution in [1.82, 2.24) is 10.1 Å². The molecular weight excluding hydrogens is 232 g/mol. The molecule has 84 valence electrons. The maximum atomic E-state index is 8.90. The smallest absolute Gasteiger partial charge is 0.213 e. The van der Waals surface area contributed by atoms with E-state index in [2.05, 4.69) is 14.7 Å². The van der Waals surface area contributed by atoms with Crippen molar-refractivity contribution in [3.05, 3.63) is 41.0 Å². The molecule has 0 aliphatic carbocycles. The van der Waals surface area contributed by atoms with Crippen molar-refractivity contribution < 1.29 is 14.4 Å². The highest BCUT2D eigenvalue weighted by Crippen LogP contribution is 2.25. The molecule has 1 heterocycles. The van der Waals surface area contributed by atoms with Gasteiger partial charge in [0.15, 0.2) is 6.61 Å². The number of nitrogens with zero attached hydrogens (tertiary/aromatic N) is 2. The van der Waals surface area contributed by atoms with Gasteiger partial charge in [0.1, 0.15) is 5.75 Å². The first-order chi connectivity index (χ1) is 7.79. The van der Waals surface area contributed by atoms with Gasteiger partial charge in [-0.15, -0.1) is 0 Å². The second-order valence-electron chi connectivity index (χ2n) is 3.06. The van der Waals surface area contributed by atoms with Gasteiger partial charge in [-0.3, -0.25) is 0 Å². The van der Waals surface area contributed by atoms with Crippen molar-refractivity contribution in [2.24, 2.45) is 0 Å². The van der Waals surface area contributed by atoms with Crippen LogP contribution >= 0.6 is 11.6 Å². The van der Waals surface area contributed by atoms with Crippen LogP contribution in [0.3, 0.4) is 0 Å². The van der Waals surface area contributed by atoms with Gasteiger partial charge in [-0.25, -0.2) is 0 Å². The van der Waals surface area contributed by atoms with Crippen LogP contribution in [-0.4, -0.2) is 15.2 Å². The first-order valence-electron chi connectivity index (χ1n) is 4.57. The van der Waals surface area contributed by atoms with E-state index in [4.69, 9.17) is 21.4 Å². The lowest BCUT2D eigenvalue weighted by molar-refractivity contribution is 0.278. The van der Waals surface area contributed by atoms with E-state index in [1.54, 1.807) is 18.2 Å². The zero-order valence-electron chi connectivity index (χ0n) is 8.26. The van der Waals surface area contributed by atoms with E-state index < -0.39 is 0 Å². The molecular formula is C10H9ClN2O3. The molecule has 0 aliphatic rings. The summed E-state index contributed by atoms with van der Waals surface area (Å²) in [7, 11) is 0. The molecule has 1 aromatic carbocycles. The molecule has 0 unspecified atom stereocenters. The number of halogens is 1. The van der Waals surface area contributed by atoms with E-state index in [0.29, 0.717) is 16.6 Å². The highest BCUT2D eigenvalue weighted by atomic mass is 35.5. The van der Waals surface area contributed by atoms with Crippen molar-refractivity contribution in [2.45, 2.75) is 13.2 Å². The zero-order chi connectivity index (χ0) is 11.4. The first-order valence-corrected chi connectivity index (χ1v) is 4.94. The first kappa shape index (κ1) is 10.9. The average molecular weight is 241 g/mol. The monoisotopic (exact) mass is 240 g/mol. The van der Waals surface area contributed by atoms with Gasteiger partial charge in [0.25, 0.3) is 0 Å². The van der Waals surface area contributed by atoms with Gasteiger partial charge < -0.3 is 14.4 Å². The molecule has 2 rings (SSSR count). The molecule has 1 aromatic heterocycles. The predicted octanol–water partition coefficient (Wildman–Crippen LogP) is 1.79. The Hall–Kier alpha value is -1.59. The molecule has 0 bridgehead atoms. The number of aromatic nitrogens is 2. The van der Waals surface area contributed by atoms with Crippen molar-refractivity contribution in [2.75, 3.05) is 0 Å². The largest absolute Gasteiger partial charge is 0.484 e. The van der Waals surface area contributed by atoms with E-state index in [9.17, 15) is 0 Å². The van der Waals surface area contributed by atoms with Crippen LogP contribution in [0, 0.1) is 0 Å². The third-order valence-electron chi connectivity index (χ3n) is 1.94. The van der Waals surface area contributed by atoms with E-state index in [-0.39, 0.29) is 13.2 Å². The second kappa shape index (κ2) is 4.96. The van der Waals surface area contributed by atoms with Crippen LogP contribution in [-0.2, 0) is 13.2 Å². The standard InChI is InChI=1S/C10H9ClN2O3/c11-8-3-7(4-14)1-2-9(8)15-5-10-12-6-16-13-10/h1-3,6,14H,4-5H2. The summed E-state index contributed by atoms with van der Waals surface area (Å²) in [6.45, 7) is 0.138. The van der Waals surface area contributed by atoms with Crippen molar-refractivity contribution >= 4 is 11.6 Å². The van der Waals surface area contributed by atoms with Crippen molar-refractivity contribution in [3.8, 4) is 5.75 Å². The summed E-state index contributed by atoms with van der Waals surface area (Å²) in [5.41, 5.74) is 0.733. The maximum absolute atomic E-state index is 8.90. The Morgan fingerprint density at radius 3 is 2.94 bits per heavy atom. The summed E-state index contributed by atoms with van der Waals surface area (Å²) in [4.78, 5) is 3.81. The number of hydrogen-bond donors (Lipinski definition) is 1. The highest BCUT2D eigenvalue weighted by Gasteiger charge is 2.05. The fraction of sp³-hybridized carbons (Fsp3) is 0.200. The van der Waals surface area contributed by atoms with Crippen LogP contribution in [0.15, 0.2) is 29.1 Å². The van der Waals surface area contributed by atoms with Gasteiger partial charge in [0.05, 0.1) is 11.6 Å². The molecule has 2 aromatic rings. The Labute approximate surface area is 96.6 Å². The molecule has 0 amide bonds. The number of hydrogen-bond acceptors (Lipinski definition) is 5. The van der Waals surface area contributed by atoms with E-state index in [1.165, 1.54) is 6.39 Å². The summed E-state index contributed by atoms with van der Waals surface area (Å²) < 4.78 is 9.94. The molecule has 0 saturated carbocycles. The minimum Gasteiger partial charge on any atom is -0.484 e.